The van der Waals surface area contributed by atoms with Gasteiger partial charge in [0.05, 0.1) is 12.6 Å². The molecule has 0 N–H and O–H groups in total. The number of hydrogen-bond acceptors (Lipinski definition) is 5. The summed E-state index contributed by atoms with van der Waals surface area (Å²) in [5, 5.41) is 0. The van der Waals surface area contributed by atoms with E-state index >= 15 is 0 Å². The molecule has 1 atom stereocenters. The summed E-state index contributed by atoms with van der Waals surface area (Å²) in [5.74, 6) is -1.14. The van der Waals surface area contributed by atoms with E-state index in [1.807, 2.05) is 4.90 Å². The molecular weight excluding hydrogens is 320 g/mol. The summed E-state index contributed by atoms with van der Waals surface area (Å²) >= 11 is 0. The molecule has 126 valence electrons. The van der Waals surface area contributed by atoms with Gasteiger partial charge in [-0.15, -0.1) is 0 Å². The highest BCUT2D eigenvalue weighted by molar-refractivity contribution is 5.46. The first-order valence-corrected chi connectivity index (χ1v) is 7.65. The van der Waals surface area contributed by atoms with E-state index in [0.29, 0.717) is 25.7 Å². The summed E-state index contributed by atoms with van der Waals surface area (Å²) in [6, 6.07) is 5.71. The van der Waals surface area contributed by atoms with E-state index in [0.717, 1.165) is 12.5 Å². The van der Waals surface area contributed by atoms with Crippen molar-refractivity contribution in [1.82, 2.24) is 9.55 Å². The van der Waals surface area contributed by atoms with E-state index in [4.69, 9.17) is 9.47 Å². The van der Waals surface area contributed by atoms with Crippen molar-refractivity contribution >= 4 is 5.82 Å². The van der Waals surface area contributed by atoms with Crippen LogP contribution in [0, 0.1) is 11.6 Å². The molecule has 0 saturated carbocycles. The van der Waals surface area contributed by atoms with Gasteiger partial charge in [0.1, 0.15) is 19.2 Å². The molecule has 1 saturated heterocycles. The molecule has 2 aromatic rings. The highest BCUT2D eigenvalue weighted by Gasteiger charge is 2.33. The topological polar surface area (TPSA) is 56.6 Å². The number of halogens is 2. The maximum Gasteiger partial charge on any atom is 0.352 e. The Kier molecular flexibility index (Phi) is 3.68. The molecular formula is C16H15F2N3O3. The van der Waals surface area contributed by atoms with Crippen molar-refractivity contribution in [2.45, 2.75) is 25.6 Å². The Morgan fingerprint density at radius 2 is 2.25 bits per heavy atom. The minimum atomic E-state index is -0.958. The molecule has 8 heteroatoms. The van der Waals surface area contributed by atoms with Gasteiger partial charge in [-0.25, -0.2) is 13.6 Å². The number of aromatic nitrogens is 2. The largest absolute Gasteiger partial charge is 0.472 e. The van der Waals surface area contributed by atoms with Crippen molar-refractivity contribution in [3.63, 3.8) is 0 Å². The van der Waals surface area contributed by atoms with Crippen LogP contribution >= 0.6 is 0 Å². The van der Waals surface area contributed by atoms with E-state index in [1.165, 1.54) is 12.1 Å². The van der Waals surface area contributed by atoms with Crippen LogP contribution in [0.25, 0.3) is 0 Å². The lowest BCUT2D eigenvalue weighted by Crippen LogP contribution is -2.39. The highest BCUT2D eigenvalue weighted by Crippen LogP contribution is 2.30. The van der Waals surface area contributed by atoms with Crippen LogP contribution < -0.4 is 15.3 Å². The number of benzene rings is 1. The molecule has 1 aromatic heterocycles. The molecule has 2 aliphatic rings. The van der Waals surface area contributed by atoms with Crippen molar-refractivity contribution in [2.24, 2.45) is 0 Å². The van der Waals surface area contributed by atoms with E-state index in [9.17, 15) is 13.6 Å². The second kappa shape index (κ2) is 5.86. The van der Waals surface area contributed by atoms with Crippen molar-refractivity contribution in [2.75, 3.05) is 18.2 Å². The molecule has 1 aromatic carbocycles. The average molecular weight is 335 g/mol. The molecule has 0 amide bonds. The lowest BCUT2D eigenvalue weighted by atomic mass is 10.2. The normalized spacial score (nSPS) is 19.1. The number of rotatable bonds is 3. The first-order valence-electron chi connectivity index (χ1n) is 7.65. The van der Waals surface area contributed by atoms with Gasteiger partial charge in [0, 0.05) is 18.2 Å². The molecule has 1 unspecified atom stereocenters. The molecule has 6 nitrogen and oxygen atoms in total. The van der Waals surface area contributed by atoms with Gasteiger partial charge in [-0.2, -0.15) is 4.98 Å². The molecule has 4 rings (SSSR count). The zero-order valence-corrected chi connectivity index (χ0v) is 12.7. The molecule has 0 aliphatic carbocycles. The molecule has 0 bridgehead atoms. The summed E-state index contributed by atoms with van der Waals surface area (Å²) < 4.78 is 39.3. The number of nitrogens with zero attached hydrogens (tertiary/aromatic N) is 3. The van der Waals surface area contributed by atoms with Gasteiger partial charge in [0.15, 0.2) is 11.6 Å². The number of fused-ring (bicyclic) bond motifs is 3. The monoisotopic (exact) mass is 335 g/mol. The fourth-order valence-electron chi connectivity index (χ4n) is 3.07. The third-order valence-electron chi connectivity index (χ3n) is 4.33. The van der Waals surface area contributed by atoms with Crippen LogP contribution in [0.4, 0.5) is 14.6 Å². The van der Waals surface area contributed by atoms with E-state index in [-0.39, 0.29) is 24.1 Å². The Morgan fingerprint density at radius 3 is 3.12 bits per heavy atom. The van der Waals surface area contributed by atoms with Gasteiger partial charge >= 0.3 is 5.69 Å². The number of ether oxygens (including phenoxy) is 2. The standard InChI is InChI=1S/C16H15F2N3O3/c17-12-3-1-2-10(15(12)18)8-24-13-6-14-20(16(22)19-13)7-11-4-5-23-9-21(11)14/h1-3,6,11H,4-5,7-9H2. The van der Waals surface area contributed by atoms with Crippen molar-refractivity contribution < 1.29 is 18.3 Å². The fourth-order valence-corrected chi connectivity index (χ4v) is 3.07. The molecule has 3 heterocycles. The third kappa shape index (κ3) is 2.52. The van der Waals surface area contributed by atoms with Crippen LogP contribution in [0.5, 0.6) is 5.88 Å². The Balaban J connectivity index is 1.58. The lowest BCUT2D eigenvalue weighted by molar-refractivity contribution is 0.0903. The zero-order valence-electron chi connectivity index (χ0n) is 12.7. The van der Waals surface area contributed by atoms with Gasteiger partial charge in [0.2, 0.25) is 5.88 Å². The van der Waals surface area contributed by atoms with Gasteiger partial charge in [0.25, 0.3) is 0 Å². The van der Waals surface area contributed by atoms with Crippen LogP contribution in [0.2, 0.25) is 0 Å². The first kappa shape index (κ1) is 15.1. The SMILES string of the molecule is O=c1nc(OCc2cccc(F)c2F)cc2n1CC1CCOCN21. The predicted molar refractivity (Wildman–Crippen MR) is 80.9 cm³/mol. The summed E-state index contributed by atoms with van der Waals surface area (Å²) in [6.07, 6.45) is 0.839. The third-order valence-corrected chi connectivity index (χ3v) is 4.33. The number of anilines is 1. The van der Waals surface area contributed by atoms with Gasteiger partial charge in [-0.3, -0.25) is 4.57 Å². The molecule has 0 radical (unpaired) electrons. The van der Waals surface area contributed by atoms with Crippen LogP contribution in [0.1, 0.15) is 12.0 Å². The predicted octanol–water partition coefficient (Wildman–Crippen LogP) is 1.67. The van der Waals surface area contributed by atoms with E-state index in [2.05, 4.69) is 4.98 Å². The Hall–Kier alpha value is -2.48. The van der Waals surface area contributed by atoms with Gasteiger partial charge in [-0.1, -0.05) is 12.1 Å². The Bertz CT molecular complexity index is 840. The van der Waals surface area contributed by atoms with Crippen LogP contribution in [0.15, 0.2) is 29.1 Å². The van der Waals surface area contributed by atoms with Crippen molar-refractivity contribution in [1.29, 1.82) is 0 Å². The van der Waals surface area contributed by atoms with Crippen LogP contribution in [-0.2, 0) is 17.9 Å². The van der Waals surface area contributed by atoms with Gasteiger partial charge < -0.3 is 14.4 Å². The highest BCUT2D eigenvalue weighted by atomic mass is 19.2. The van der Waals surface area contributed by atoms with Crippen LogP contribution in [0.3, 0.4) is 0 Å². The minimum Gasteiger partial charge on any atom is -0.472 e. The fraction of sp³-hybridized carbons (Fsp3) is 0.375. The van der Waals surface area contributed by atoms with E-state index < -0.39 is 17.3 Å². The summed E-state index contributed by atoms with van der Waals surface area (Å²) in [7, 11) is 0. The maximum atomic E-state index is 13.7. The quantitative estimate of drug-likeness (QED) is 0.854. The lowest BCUT2D eigenvalue weighted by Gasteiger charge is -2.30. The zero-order chi connectivity index (χ0) is 16.7. The van der Waals surface area contributed by atoms with Crippen molar-refractivity contribution in [3.05, 3.63) is 51.9 Å². The molecule has 1 fully saturated rings. The van der Waals surface area contributed by atoms with Crippen LogP contribution in [-0.4, -0.2) is 28.9 Å². The Morgan fingerprint density at radius 1 is 1.38 bits per heavy atom. The summed E-state index contributed by atoms with van der Waals surface area (Å²) in [4.78, 5) is 18.0. The smallest absolute Gasteiger partial charge is 0.352 e. The molecule has 24 heavy (non-hydrogen) atoms. The maximum absolute atomic E-state index is 13.7. The second-order valence-electron chi connectivity index (χ2n) is 5.80. The van der Waals surface area contributed by atoms with E-state index in [1.54, 1.807) is 10.6 Å². The first-order chi connectivity index (χ1) is 11.6. The van der Waals surface area contributed by atoms with Gasteiger partial charge in [-0.05, 0) is 12.5 Å². The van der Waals surface area contributed by atoms with Crippen molar-refractivity contribution in [3.8, 4) is 5.88 Å². The summed E-state index contributed by atoms with van der Waals surface area (Å²) in [5.41, 5.74) is -0.354. The summed E-state index contributed by atoms with van der Waals surface area (Å²) in [6.45, 7) is 1.44. The molecule has 0 spiro atoms. The average Bonchev–Trinajstić information content (AvgIpc) is 2.96. The minimum absolute atomic E-state index is 0.0663. The Labute approximate surface area is 136 Å². The molecule has 2 aliphatic heterocycles. The second-order valence-corrected chi connectivity index (χ2v) is 5.80. The number of hydrogen-bond donors (Lipinski definition) is 0.